The Morgan fingerprint density at radius 3 is 2.79 bits per heavy atom. The normalized spacial score (nSPS) is 11.3. The van der Waals surface area contributed by atoms with Crippen LogP contribution < -0.4 is 16.0 Å². The molecule has 0 unspecified atom stereocenters. The number of aliphatic imine (C=N–C) groups is 1. The summed E-state index contributed by atoms with van der Waals surface area (Å²) in [6.07, 6.45) is 2.43. The lowest BCUT2D eigenvalue weighted by atomic mass is 10.1. The van der Waals surface area contributed by atoms with E-state index in [0.717, 1.165) is 35.0 Å². The molecule has 0 aliphatic rings. The average Bonchev–Trinajstić information content (AvgIpc) is 3.40. The van der Waals surface area contributed by atoms with Crippen molar-refractivity contribution in [3.8, 4) is 0 Å². The molecule has 0 saturated carbocycles. The topological polar surface area (TPSA) is 91.5 Å². The fourth-order valence-corrected chi connectivity index (χ4v) is 3.39. The summed E-state index contributed by atoms with van der Waals surface area (Å²) >= 11 is 1.66. The predicted molar refractivity (Wildman–Crippen MR) is 115 cm³/mol. The van der Waals surface area contributed by atoms with E-state index in [1.165, 1.54) is 0 Å². The van der Waals surface area contributed by atoms with E-state index in [-0.39, 0.29) is 5.91 Å². The largest absolute Gasteiger partial charge is 0.467 e. The van der Waals surface area contributed by atoms with Crippen LogP contribution in [0, 0.1) is 6.92 Å². The van der Waals surface area contributed by atoms with Gasteiger partial charge in [-0.3, -0.25) is 9.79 Å². The van der Waals surface area contributed by atoms with Gasteiger partial charge < -0.3 is 20.4 Å². The third-order valence-electron chi connectivity index (χ3n) is 4.22. The summed E-state index contributed by atoms with van der Waals surface area (Å²) < 4.78 is 5.23. The van der Waals surface area contributed by atoms with Gasteiger partial charge in [-0.25, -0.2) is 4.98 Å². The number of guanidine groups is 1. The maximum Gasteiger partial charge on any atom is 0.251 e. The molecule has 0 radical (unpaired) electrons. The Labute approximate surface area is 174 Å². The number of hydrogen-bond donors (Lipinski definition) is 3. The van der Waals surface area contributed by atoms with Crippen LogP contribution in [0.15, 0.2) is 57.5 Å². The van der Waals surface area contributed by atoms with E-state index in [0.29, 0.717) is 24.6 Å². The second-order valence-corrected chi connectivity index (χ2v) is 7.49. The van der Waals surface area contributed by atoms with Crippen molar-refractivity contribution in [1.29, 1.82) is 0 Å². The molecule has 0 spiro atoms. The maximum absolute atomic E-state index is 12.3. The van der Waals surface area contributed by atoms with Crippen LogP contribution >= 0.6 is 11.3 Å². The monoisotopic (exact) mass is 411 g/mol. The summed E-state index contributed by atoms with van der Waals surface area (Å²) in [6.45, 7) is 3.68. The van der Waals surface area contributed by atoms with Crippen molar-refractivity contribution in [3.63, 3.8) is 0 Å². The van der Waals surface area contributed by atoms with Crippen LogP contribution in [-0.2, 0) is 19.5 Å². The Balaban J connectivity index is 1.46. The van der Waals surface area contributed by atoms with Gasteiger partial charge in [0.25, 0.3) is 5.91 Å². The van der Waals surface area contributed by atoms with Crippen molar-refractivity contribution in [2.75, 3.05) is 13.6 Å². The SMILES string of the molecule is CN=C(NCCc1csc(C)n1)NCc1cccc(C(=O)NCc2ccco2)c1. The minimum Gasteiger partial charge on any atom is -0.467 e. The summed E-state index contributed by atoms with van der Waals surface area (Å²) in [5.74, 6) is 1.30. The van der Waals surface area contributed by atoms with Crippen LogP contribution in [0.1, 0.15) is 32.4 Å². The predicted octanol–water partition coefficient (Wildman–Crippen LogP) is 2.88. The van der Waals surface area contributed by atoms with Crippen LogP contribution in [0.4, 0.5) is 0 Å². The van der Waals surface area contributed by atoms with Crippen molar-refractivity contribution in [1.82, 2.24) is 20.9 Å². The van der Waals surface area contributed by atoms with Crippen molar-refractivity contribution in [2.24, 2.45) is 4.99 Å². The van der Waals surface area contributed by atoms with Gasteiger partial charge >= 0.3 is 0 Å². The molecule has 1 amide bonds. The van der Waals surface area contributed by atoms with Gasteiger partial charge in [-0.15, -0.1) is 11.3 Å². The van der Waals surface area contributed by atoms with Gasteiger partial charge in [0.15, 0.2) is 5.96 Å². The van der Waals surface area contributed by atoms with Crippen LogP contribution in [0.3, 0.4) is 0 Å². The molecule has 152 valence electrons. The van der Waals surface area contributed by atoms with Gasteiger partial charge in [0.2, 0.25) is 0 Å². The molecule has 8 heteroatoms. The first-order valence-electron chi connectivity index (χ1n) is 9.39. The summed E-state index contributed by atoms with van der Waals surface area (Å²) in [7, 11) is 1.74. The molecule has 3 aromatic rings. The third-order valence-corrected chi connectivity index (χ3v) is 5.04. The highest BCUT2D eigenvalue weighted by Crippen LogP contribution is 2.08. The third kappa shape index (κ3) is 6.46. The second-order valence-electron chi connectivity index (χ2n) is 6.42. The summed E-state index contributed by atoms with van der Waals surface area (Å²) in [6, 6.07) is 11.1. The number of rotatable bonds is 8. The molecular weight excluding hydrogens is 386 g/mol. The van der Waals surface area contributed by atoms with E-state index >= 15 is 0 Å². The summed E-state index contributed by atoms with van der Waals surface area (Å²) in [4.78, 5) is 21.1. The number of aromatic nitrogens is 1. The first kappa shape index (κ1) is 20.6. The molecule has 2 aromatic heterocycles. The minimum atomic E-state index is -0.135. The first-order valence-corrected chi connectivity index (χ1v) is 10.3. The Bertz CT molecular complexity index is 950. The highest BCUT2D eigenvalue weighted by atomic mass is 32.1. The molecule has 0 fully saturated rings. The molecule has 7 nitrogen and oxygen atoms in total. The Morgan fingerprint density at radius 2 is 2.07 bits per heavy atom. The number of nitrogens with zero attached hydrogens (tertiary/aromatic N) is 2. The van der Waals surface area contributed by atoms with E-state index < -0.39 is 0 Å². The fourth-order valence-electron chi connectivity index (χ4n) is 2.74. The number of furan rings is 1. The lowest BCUT2D eigenvalue weighted by Gasteiger charge is -2.12. The summed E-state index contributed by atoms with van der Waals surface area (Å²) in [5, 5.41) is 12.6. The van der Waals surface area contributed by atoms with Crippen molar-refractivity contribution in [2.45, 2.75) is 26.4 Å². The van der Waals surface area contributed by atoms with Gasteiger partial charge in [0.05, 0.1) is 23.5 Å². The number of carbonyl (C=O) groups is 1. The van der Waals surface area contributed by atoms with Crippen LogP contribution in [-0.4, -0.2) is 30.4 Å². The Morgan fingerprint density at radius 1 is 1.17 bits per heavy atom. The Hall–Kier alpha value is -3.13. The Kier molecular flexibility index (Phi) is 7.40. The smallest absolute Gasteiger partial charge is 0.251 e. The second kappa shape index (κ2) is 10.4. The lowest BCUT2D eigenvalue weighted by molar-refractivity contribution is 0.0948. The van der Waals surface area contributed by atoms with Crippen molar-refractivity contribution >= 4 is 23.2 Å². The van der Waals surface area contributed by atoms with Crippen molar-refractivity contribution in [3.05, 3.63) is 75.6 Å². The number of amides is 1. The zero-order valence-electron chi connectivity index (χ0n) is 16.6. The molecule has 3 N–H and O–H groups in total. The molecule has 0 aliphatic heterocycles. The molecule has 0 atom stereocenters. The van der Waals surface area contributed by atoms with Gasteiger partial charge in [-0.2, -0.15) is 0 Å². The van der Waals surface area contributed by atoms with Gasteiger partial charge in [0.1, 0.15) is 5.76 Å². The zero-order chi connectivity index (χ0) is 20.5. The number of carbonyl (C=O) groups excluding carboxylic acids is 1. The number of benzene rings is 1. The van der Waals surface area contributed by atoms with E-state index in [9.17, 15) is 4.79 Å². The van der Waals surface area contributed by atoms with Gasteiger partial charge in [-0.1, -0.05) is 12.1 Å². The van der Waals surface area contributed by atoms with E-state index in [2.05, 4.69) is 31.3 Å². The molecule has 1 aromatic carbocycles. The number of hydrogen-bond acceptors (Lipinski definition) is 5. The molecule has 0 bridgehead atoms. The summed E-state index contributed by atoms with van der Waals surface area (Å²) in [5.41, 5.74) is 2.69. The molecule has 29 heavy (non-hydrogen) atoms. The van der Waals surface area contributed by atoms with Gasteiger partial charge in [-0.05, 0) is 36.8 Å². The van der Waals surface area contributed by atoms with Crippen LogP contribution in [0.25, 0.3) is 0 Å². The fraction of sp³-hybridized carbons (Fsp3) is 0.286. The molecule has 0 aliphatic carbocycles. The van der Waals surface area contributed by atoms with E-state index in [4.69, 9.17) is 4.42 Å². The standard InChI is InChI=1S/C21H25N5O2S/c1-15-26-18(14-29-15)8-9-23-21(22-2)25-12-16-5-3-6-17(11-16)20(27)24-13-19-7-4-10-28-19/h3-7,10-11,14H,8-9,12-13H2,1-2H3,(H,24,27)(H2,22,23,25). The number of thiazole rings is 1. The van der Waals surface area contributed by atoms with Gasteiger partial charge in [0, 0.05) is 37.5 Å². The highest BCUT2D eigenvalue weighted by molar-refractivity contribution is 7.09. The lowest BCUT2D eigenvalue weighted by Crippen LogP contribution is -2.37. The minimum absolute atomic E-state index is 0.135. The quantitative estimate of drug-likeness (QED) is 0.392. The molecule has 2 heterocycles. The molecular formula is C21H25N5O2S. The maximum atomic E-state index is 12.3. The zero-order valence-corrected chi connectivity index (χ0v) is 17.4. The number of aryl methyl sites for hydroxylation is 1. The average molecular weight is 412 g/mol. The first-order chi connectivity index (χ1) is 14.1. The molecule has 3 rings (SSSR count). The highest BCUT2D eigenvalue weighted by Gasteiger charge is 2.07. The van der Waals surface area contributed by atoms with Crippen molar-refractivity contribution < 1.29 is 9.21 Å². The van der Waals surface area contributed by atoms with Crippen LogP contribution in [0.2, 0.25) is 0 Å². The number of nitrogens with one attached hydrogen (secondary N) is 3. The van der Waals surface area contributed by atoms with E-state index in [1.807, 2.05) is 31.2 Å². The molecule has 0 saturated heterocycles. The van der Waals surface area contributed by atoms with E-state index in [1.54, 1.807) is 36.8 Å². The van der Waals surface area contributed by atoms with Crippen LogP contribution in [0.5, 0.6) is 0 Å².